The first-order valence-corrected chi connectivity index (χ1v) is 7.34. The van der Waals surface area contributed by atoms with Crippen molar-refractivity contribution >= 4 is 33.3 Å². The summed E-state index contributed by atoms with van der Waals surface area (Å²) >= 11 is 1.76. The number of nitrogens with two attached hydrogens (primary N) is 1. The largest absolute Gasteiger partial charge is 0.398 e. The second kappa shape index (κ2) is 4.76. The third-order valence-electron chi connectivity index (χ3n) is 3.53. The Morgan fingerprint density at radius 3 is 2.65 bits per heavy atom. The van der Waals surface area contributed by atoms with Crippen molar-refractivity contribution in [3.8, 4) is 11.1 Å². The minimum absolute atomic E-state index is 0.811. The quantitative estimate of drug-likeness (QED) is 0.560. The molecule has 20 heavy (non-hydrogen) atoms. The van der Waals surface area contributed by atoms with Crippen LogP contribution in [-0.4, -0.2) is 0 Å². The zero-order valence-corrected chi connectivity index (χ0v) is 12.5. The zero-order chi connectivity index (χ0) is 14.3. The van der Waals surface area contributed by atoms with Crippen molar-refractivity contribution in [1.29, 1.82) is 0 Å². The molecule has 3 rings (SSSR count). The molecule has 0 fully saturated rings. The molecule has 1 heterocycles. The van der Waals surface area contributed by atoms with E-state index in [4.69, 9.17) is 5.73 Å². The molecule has 0 spiro atoms. The number of nitrogen functional groups attached to an aromatic ring is 1. The van der Waals surface area contributed by atoms with E-state index in [-0.39, 0.29) is 0 Å². The van der Waals surface area contributed by atoms with Gasteiger partial charge in [0.2, 0.25) is 5.52 Å². The molecule has 0 radical (unpaired) electrons. The van der Waals surface area contributed by atoms with E-state index in [1.165, 1.54) is 21.3 Å². The lowest BCUT2D eigenvalue weighted by Crippen LogP contribution is -2.29. The first-order valence-electron chi connectivity index (χ1n) is 6.52. The van der Waals surface area contributed by atoms with Crippen molar-refractivity contribution in [1.82, 2.24) is 0 Å². The van der Waals surface area contributed by atoms with Gasteiger partial charge in [-0.25, -0.2) is 0 Å². The molecule has 2 N–H and O–H groups in total. The lowest BCUT2D eigenvalue weighted by atomic mass is 10.0. The van der Waals surface area contributed by atoms with Gasteiger partial charge >= 0.3 is 0 Å². The summed E-state index contributed by atoms with van der Waals surface area (Å²) in [7, 11) is 2.08. The van der Waals surface area contributed by atoms with Crippen LogP contribution in [0.25, 0.3) is 27.4 Å². The Hall–Kier alpha value is -2.13. The maximum absolute atomic E-state index is 6.16. The fourth-order valence-corrected chi connectivity index (χ4v) is 3.71. The van der Waals surface area contributed by atoms with E-state index in [2.05, 4.69) is 43.3 Å². The second-order valence-electron chi connectivity index (χ2n) is 4.95. The molecule has 0 aliphatic rings. The molecule has 100 valence electrons. The van der Waals surface area contributed by atoms with Gasteiger partial charge in [0.05, 0.1) is 5.56 Å². The highest BCUT2D eigenvalue weighted by Crippen LogP contribution is 2.34. The Morgan fingerprint density at radius 1 is 1.20 bits per heavy atom. The van der Waals surface area contributed by atoms with E-state index >= 15 is 0 Å². The van der Waals surface area contributed by atoms with Gasteiger partial charge < -0.3 is 5.73 Å². The van der Waals surface area contributed by atoms with E-state index in [9.17, 15) is 0 Å². The summed E-state index contributed by atoms with van der Waals surface area (Å²) in [5.74, 6) is 0. The Kier molecular flexibility index (Phi) is 3.07. The Labute approximate surface area is 122 Å². The van der Waals surface area contributed by atoms with E-state index in [0.29, 0.717) is 0 Å². The number of aryl methyl sites for hydroxylation is 2. The minimum Gasteiger partial charge on any atom is -0.398 e. The summed E-state index contributed by atoms with van der Waals surface area (Å²) in [6.07, 6.45) is 1.90. The molecule has 0 amide bonds. The average molecular weight is 281 g/mol. The molecule has 0 saturated carbocycles. The van der Waals surface area contributed by atoms with Crippen molar-refractivity contribution in [3.63, 3.8) is 0 Å². The standard InChI is InChI=1S/C17H17N2S/c1-4-16-19(3)17-13(9-11(2)10-15(17)20-16)12-7-5-6-8-14(12)18/h4-10H,1,18H2,2-3H3/q+1. The van der Waals surface area contributed by atoms with Gasteiger partial charge in [-0.2, -0.15) is 4.57 Å². The maximum atomic E-state index is 6.16. The summed E-state index contributed by atoms with van der Waals surface area (Å²) in [5, 5.41) is 1.15. The molecule has 0 unspecified atom stereocenters. The maximum Gasteiger partial charge on any atom is 0.261 e. The monoisotopic (exact) mass is 281 g/mol. The number of para-hydroxylation sites is 1. The molecule has 0 aliphatic carbocycles. The van der Waals surface area contributed by atoms with E-state index in [1.807, 2.05) is 24.3 Å². The number of aromatic nitrogens is 1. The molecule has 1 aromatic heterocycles. The van der Waals surface area contributed by atoms with Crippen molar-refractivity contribution in [3.05, 3.63) is 53.5 Å². The summed E-state index contributed by atoms with van der Waals surface area (Å²) < 4.78 is 3.45. The summed E-state index contributed by atoms with van der Waals surface area (Å²) in [6, 6.07) is 12.4. The molecule has 2 nitrogen and oxygen atoms in total. The van der Waals surface area contributed by atoms with Crippen molar-refractivity contribution in [2.24, 2.45) is 7.05 Å². The number of rotatable bonds is 2. The Morgan fingerprint density at radius 2 is 1.95 bits per heavy atom. The van der Waals surface area contributed by atoms with Crippen LogP contribution in [0.15, 0.2) is 43.0 Å². The van der Waals surface area contributed by atoms with Crippen molar-refractivity contribution < 1.29 is 4.57 Å². The van der Waals surface area contributed by atoms with Gasteiger partial charge in [-0.3, -0.25) is 0 Å². The van der Waals surface area contributed by atoms with Gasteiger partial charge in [-0.1, -0.05) is 36.1 Å². The van der Waals surface area contributed by atoms with Gasteiger partial charge in [0.15, 0.2) is 0 Å². The Bertz CT molecular complexity index is 815. The van der Waals surface area contributed by atoms with E-state index in [0.717, 1.165) is 16.3 Å². The fourth-order valence-electron chi connectivity index (χ4n) is 2.59. The van der Waals surface area contributed by atoms with Crippen LogP contribution in [-0.2, 0) is 7.05 Å². The fraction of sp³-hybridized carbons (Fsp3) is 0.118. The molecule has 0 aliphatic heterocycles. The highest BCUT2D eigenvalue weighted by Gasteiger charge is 2.20. The highest BCUT2D eigenvalue weighted by molar-refractivity contribution is 7.18. The molecule has 2 aromatic carbocycles. The summed E-state index contributed by atoms with van der Waals surface area (Å²) in [5.41, 5.74) is 11.7. The predicted molar refractivity (Wildman–Crippen MR) is 87.7 cm³/mol. The molecular weight excluding hydrogens is 264 g/mol. The number of anilines is 1. The van der Waals surface area contributed by atoms with Gasteiger partial charge in [0.25, 0.3) is 5.01 Å². The second-order valence-corrected chi connectivity index (χ2v) is 6.01. The van der Waals surface area contributed by atoms with Crippen molar-refractivity contribution in [2.45, 2.75) is 6.92 Å². The number of thiazole rings is 1. The van der Waals surface area contributed by atoms with Crippen molar-refractivity contribution in [2.75, 3.05) is 5.73 Å². The SMILES string of the molecule is C=Cc1sc2cc(C)cc(-c3ccccc3N)c2[n+]1C. The topological polar surface area (TPSA) is 29.9 Å². The lowest BCUT2D eigenvalue weighted by molar-refractivity contribution is -0.641. The van der Waals surface area contributed by atoms with Crippen LogP contribution in [0.2, 0.25) is 0 Å². The molecule has 3 heteroatoms. The van der Waals surface area contributed by atoms with Gasteiger partial charge in [0, 0.05) is 17.3 Å². The molecular formula is C17H17N2S+. The molecule has 0 atom stereocenters. The predicted octanol–water partition coefficient (Wildman–Crippen LogP) is 3.93. The summed E-state index contributed by atoms with van der Waals surface area (Å²) in [4.78, 5) is 0. The minimum atomic E-state index is 0.811. The van der Waals surface area contributed by atoms with Gasteiger partial charge in [0.1, 0.15) is 11.7 Å². The van der Waals surface area contributed by atoms with Crippen LogP contribution in [0, 0.1) is 6.92 Å². The zero-order valence-electron chi connectivity index (χ0n) is 11.7. The van der Waals surface area contributed by atoms with E-state index < -0.39 is 0 Å². The smallest absolute Gasteiger partial charge is 0.261 e. The number of benzene rings is 2. The van der Waals surface area contributed by atoms with Gasteiger partial charge in [-0.15, -0.1) is 0 Å². The Balaban J connectivity index is 2.43. The van der Waals surface area contributed by atoms with Gasteiger partial charge in [-0.05, 0) is 30.7 Å². The summed E-state index contributed by atoms with van der Waals surface area (Å²) in [6.45, 7) is 6.01. The van der Waals surface area contributed by atoms with Crippen LogP contribution in [0.3, 0.4) is 0 Å². The highest BCUT2D eigenvalue weighted by atomic mass is 32.1. The van der Waals surface area contributed by atoms with Crippen LogP contribution in [0.4, 0.5) is 5.69 Å². The third-order valence-corrected chi connectivity index (χ3v) is 4.71. The van der Waals surface area contributed by atoms with E-state index in [1.54, 1.807) is 11.3 Å². The molecule has 3 aromatic rings. The first kappa shape index (κ1) is 12.9. The number of fused-ring (bicyclic) bond motifs is 1. The lowest BCUT2D eigenvalue weighted by Gasteiger charge is -2.06. The first-order chi connectivity index (χ1) is 9.61. The third kappa shape index (κ3) is 1.91. The molecule has 0 saturated heterocycles. The molecule has 0 bridgehead atoms. The van der Waals surface area contributed by atoms with Crippen LogP contribution in [0.1, 0.15) is 10.6 Å². The average Bonchev–Trinajstić information content (AvgIpc) is 2.75. The number of nitrogens with zero attached hydrogens (tertiary/aromatic N) is 1. The number of hydrogen-bond acceptors (Lipinski definition) is 2. The normalized spacial score (nSPS) is 10.9. The number of hydrogen-bond donors (Lipinski definition) is 1. The van der Waals surface area contributed by atoms with Crippen LogP contribution in [0.5, 0.6) is 0 Å². The van der Waals surface area contributed by atoms with Crippen LogP contribution < -0.4 is 10.3 Å². The van der Waals surface area contributed by atoms with Crippen LogP contribution >= 0.6 is 11.3 Å².